The minimum atomic E-state index is -0.753. The maximum Gasteiger partial charge on any atom is 0.340 e. The van der Waals surface area contributed by atoms with E-state index in [4.69, 9.17) is 0 Å². The Morgan fingerprint density at radius 2 is 1.71 bits per heavy atom. The van der Waals surface area contributed by atoms with Crippen molar-refractivity contribution in [3.8, 4) is 0 Å². The Hall–Kier alpha value is -2.69. The third kappa shape index (κ3) is 3.98. The summed E-state index contributed by atoms with van der Waals surface area (Å²) >= 11 is 0. The van der Waals surface area contributed by atoms with Crippen LogP contribution in [0.15, 0.2) is 43.0 Å². The summed E-state index contributed by atoms with van der Waals surface area (Å²) in [6, 6.07) is 8.74. The van der Waals surface area contributed by atoms with Crippen LogP contribution in [0.2, 0.25) is 0 Å². The molecule has 0 aliphatic carbocycles. The standard InChI is InChI=1S/C17H15F2NO2.C2H6/c1-4-13-15(10-9-14(16(13)19)17(21)22-3)20(2)12-7-5-11(18)6-8-12;1-2/h4-10H,1H2,2-3H3;1-2H3. The highest BCUT2D eigenvalue weighted by molar-refractivity contribution is 5.92. The molecule has 0 aliphatic heterocycles. The smallest absolute Gasteiger partial charge is 0.340 e. The molecular weight excluding hydrogens is 312 g/mol. The lowest BCUT2D eigenvalue weighted by molar-refractivity contribution is 0.0595. The molecule has 0 amide bonds. The van der Waals surface area contributed by atoms with E-state index in [-0.39, 0.29) is 16.9 Å². The molecule has 0 N–H and O–H groups in total. The minimum absolute atomic E-state index is 0.159. The molecule has 2 aromatic carbocycles. The maximum atomic E-state index is 14.5. The number of nitrogens with zero attached hydrogens (tertiary/aromatic N) is 1. The topological polar surface area (TPSA) is 29.5 Å². The molecule has 0 heterocycles. The van der Waals surface area contributed by atoms with Gasteiger partial charge in [-0.05, 0) is 36.4 Å². The molecule has 0 saturated carbocycles. The first-order valence-electron chi connectivity index (χ1n) is 7.52. The molecule has 0 fully saturated rings. The van der Waals surface area contributed by atoms with Crippen LogP contribution in [0.5, 0.6) is 0 Å². The van der Waals surface area contributed by atoms with Gasteiger partial charge < -0.3 is 9.64 Å². The van der Waals surface area contributed by atoms with Crippen LogP contribution in [-0.2, 0) is 4.74 Å². The molecule has 0 unspecified atom stereocenters. The number of carbonyl (C=O) groups excluding carboxylic acids is 1. The lowest BCUT2D eigenvalue weighted by Gasteiger charge is -2.22. The fourth-order valence-electron chi connectivity index (χ4n) is 2.14. The van der Waals surface area contributed by atoms with E-state index in [1.807, 2.05) is 13.8 Å². The van der Waals surface area contributed by atoms with Crippen molar-refractivity contribution in [2.45, 2.75) is 13.8 Å². The lowest BCUT2D eigenvalue weighted by Crippen LogP contribution is -2.14. The van der Waals surface area contributed by atoms with Crippen molar-refractivity contribution >= 4 is 23.4 Å². The molecule has 3 nitrogen and oxygen atoms in total. The minimum Gasteiger partial charge on any atom is -0.465 e. The van der Waals surface area contributed by atoms with E-state index in [1.54, 1.807) is 30.1 Å². The quantitative estimate of drug-likeness (QED) is 0.721. The number of halogens is 2. The van der Waals surface area contributed by atoms with Crippen LogP contribution >= 0.6 is 0 Å². The van der Waals surface area contributed by atoms with Gasteiger partial charge in [-0.15, -0.1) is 0 Å². The highest BCUT2D eigenvalue weighted by Crippen LogP contribution is 2.31. The van der Waals surface area contributed by atoms with Crippen molar-refractivity contribution in [2.24, 2.45) is 0 Å². The second-order valence-electron chi connectivity index (χ2n) is 4.59. The van der Waals surface area contributed by atoms with Gasteiger partial charge in [-0.25, -0.2) is 13.6 Å². The second kappa shape index (κ2) is 8.82. The van der Waals surface area contributed by atoms with Gasteiger partial charge in [0.2, 0.25) is 0 Å². The zero-order valence-electron chi connectivity index (χ0n) is 14.3. The average Bonchev–Trinajstić information content (AvgIpc) is 2.62. The Morgan fingerprint density at radius 1 is 1.12 bits per heavy atom. The van der Waals surface area contributed by atoms with Crippen molar-refractivity contribution in [2.75, 3.05) is 19.1 Å². The van der Waals surface area contributed by atoms with Gasteiger partial charge in [-0.3, -0.25) is 0 Å². The number of hydrogen-bond donors (Lipinski definition) is 0. The molecule has 0 aromatic heterocycles. The maximum absolute atomic E-state index is 14.5. The zero-order valence-corrected chi connectivity index (χ0v) is 14.3. The van der Waals surface area contributed by atoms with E-state index in [0.29, 0.717) is 11.4 Å². The van der Waals surface area contributed by atoms with Crippen molar-refractivity contribution in [3.05, 3.63) is 65.7 Å². The molecule has 24 heavy (non-hydrogen) atoms. The van der Waals surface area contributed by atoms with Crippen molar-refractivity contribution in [1.29, 1.82) is 0 Å². The summed E-state index contributed by atoms with van der Waals surface area (Å²) in [4.78, 5) is 13.2. The van der Waals surface area contributed by atoms with Crippen LogP contribution < -0.4 is 4.90 Å². The molecule has 0 atom stereocenters. The highest BCUT2D eigenvalue weighted by Gasteiger charge is 2.19. The summed E-state index contributed by atoms with van der Waals surface area (Å²) < 4.78 is 32.0. The molecule has 0 spiro atoms. The van der Waals surface area contributed by atoms with Gasteiger partial charge in [-0.1, -0.05) is 26.5 Å². The summed E-state index contributed by atoms with van der Waals surface area (Å²) in [6.45, 7) is 7.59. The fraction of sp³-hybridized carbons (Fsp3) is 0.211. The number of rotatable bonds is 4. The van der Waals surface area contributed by atoms with Gasteiger partial charge in [0.25, 0.3) is 0 Å². The van der Waals surface area contributed by atoms with Crippen LogP contribution in [0.4, 0.5) is 20.2 Å². The molecule has 0 bridgehead atoms. The first-order chi connectivity index (χ1) is 11.5. The third-order valence-electron chi connectivity index (χ3n) is 3.34. The summed E-state index contributed by atoms with van der Waals surface area (Å²) in [5, 5.41) is 0. The van der Waals surface area contributed by atoms with E-state index in [2.05, 4.69) is 11.3 Å². The molecule has 2 rings (SSSR count). The highest BCUT2D eigenvalue weighted by atomic mass is 19.1. The molecule has 2 aromatic rings. The second-order valence-corrected chi connectivity index (χ2v) is 4.59. The number of methoxy groups -OCH3 is 1. The number of benzene rings is 2. The lowest BCUT2D eigenvalue weighted by atomic mass is 10.1. The molecule has 0 radical (unpaired) electrons. The van der Waals surface area contributed by atoms with Crippen molar-refractivity contribution < 1.29 is 18.3 Å². The first kappa shape index (κ1) is 19.4. The van der Waals surface area contributed by atoms with E-state index < -0.39 is 11.8 Å². The van der Waals surface area contributed by atoms with E-state index in [1.165, 1.54) is 31.4 Å². The van der Waals surface area contributed by atoms with E-state index >= 15 is 0 Å². The summed E-state index contributed by atoms with van der Waals surface area (Å²) in [6.07, 6.45) is 1.33. The fourth-order valence-corrected chi connectivity index (χ4v) is 2.14. The van der Waals surface area contributed by atoms with Gasteiger partial charge in [-0.2, -0.15) is 0 Å². The Morgan fingerprint density at radius 3 is 2.21 bits per heavy atom. The molecule has 0 aliphatic rings. The number of ether oxygens (including phenoxy) is 1. The molecule has 5 heteroatoms. The van der Waals surface area contributed by atoms with Gasteiger partial charge in [0.05, 0.1) is 18.4 Å². The third-order valence-corrected chi connectivity index (χ3v) is 3.34. The predicted molar refractivity (Wildman–Crippen MR) is 93.6 cm³/mol. The Labute approximate surface area is 141 Å². The number of anilines is 2. The molecule has 0 saturated heterocycles. The van der Waals surface area contributed by atoms with Crippen molar-refractivity contribution in [3.63, 3.8) is 0 Å². The Bertz CT molecular complexity index is 712. The van der Waals surface area contributed by atoms with Gasteiger partial charge >= 0.3 is 5.97 Å². The average molecular weight is 333 g/mol. The van der Waals surface area contributed by atoms with Crippen LogP contribution in [0.1, 0.15) is 29.8 Å². The van der Waals surface area contributed by atoms with Gasteiger partial charge in [0.15, 0.2) is 0 Å². The Balaban J connectivity index is 0.00000139. The van der Waals surface area contributed by atoms with E-state index in [0.717, 1.165) is 0 Å². The van der Waals surface area contributed by atoms with Crippen LogP contribution in [0.3, 0.4) is 0 Å². The molecular formula is C19H21F2NO2. The van der Waals surface area contributed by atoms with Crippen molar-refractivity contribution in [1.82, 2.24) is 0 Å². The van der Waals surface area contributed by atoms with Crippen LogP contribution in [0.25, 0.3) is 6.08 Å². The largest absolute Gasteiger partial charge is 0.465 e. The number of carbonyl (C=O) groups is 1. The number of esters is 1. The SMILES string of the molecule is C=Cc1c(N(C)c2ccc(F)cc2)ccc(C(=O)OC)c1F.CC. The predicted octanol–water partition coefficient (Wildman–Crippen LogP) is 5.19. The normalized spacial score (nSPS) is 9.58. The summed E-state index contributed by atoms with van der Waals surface area (Å²) in [7, 11) is 2.90. The zero-order chi connectivity index (χ0) is 18.3. The van der Waals surface area contributed by atoms with E-state index in [9.17, 15) is 13.6 Å². The van der Waals surface area contributed by atoms with Gasteiger partial charge in [0.1, 0.15) is 11.6 Å². The monoisotopic (exact) mass is 333 g/mol. The summed E-state index contributed by atoms with van der Waals surface area (Å²) in [5.41, 5.74) is 1.20. The number of hydrogen-bond acceptors (Lipinski definition) is 3. The van der Waals surface area contributed by atoms with Crippen LogP contribution in [0, 0.1) is 11.6 Å². The Kier molecular flexibility index (Phi) is 7.11. The molecule has 128 valence electrons. The summed E-state index contributed by atoms with van der Waals surface area (Å²) in [5.74, 6) is -1.81. The van der Waals surface area contributed by atoms with Gasteiger partial charge in [0, 0.05) is 18.3 Å². The van der Waals surface area contributed by atoms with Crippen LogP contribution in [-0.4, -0.2) is 20.1 Å². The first-order valence-corrected chi connectivity index (χ1v) is 7.52.